The Hall–Kier alpha value is -2.23. The maximum atomic E-state index is 5.87. The standard InChI is InChI=1S/C13H14N2O2/c1-9-7-8-15-13(12(9)14)17-11-5-3-10(16-2)4-6-11/h3-8H,14H2,1-2H3. The van der Waals surface area contributed by atoms with Gasteiger partial charge in [0, 0.05) is 6.20 Å². The molecule has 4 nitrogen and oxygen atoms in total. The van der Waals surface area contributed by atoms with Crippen LogP contribution < -0.4 is 15.2 Å². The van der Waals surface area contributed by atoms with Gasteiger partial charge in [0.15, 0.2) is 0 Å². The first-order chi connectivity index (χ1) is 8.20. The van der Waals surface area contributed by atoms with E-state index in [4.69, 9.17) is 15.2 Å². The van der Waals surface area contributed by atoms with Crippen molar-refractivity contribution < 1.29 is 9.47 Å². The van der Waals surface area contributed by atoms with Gasteiger partial charge < -0.3 is 15.2 Å². The Morgan fingerprint density at radius 3 is 2.35 bits per heavy atom. The first-order valence-corrected chi connectivity index (χ1v) is 5.23. The molecule has 2 N–H and O–H groups in total. The third-order valence-electron chi connectivity index (χ3n) is 2.45. The molecule has 0 spiro atoms. The summed E-state index contributed by atoms with van der Waals surface area (Å²) in [5.74, 6) is 1.88. The van der Waals surface area contributed by atoms with Crippen LogP contribution in [0, 0.1) is 6.92 Å². The molecular weight excluding hydrogens is 216 g/mol. The zero-order valence-electron chi connectivity index (χ0n) is 9.81. The van der Waals surface area contributed by atoms with E-state index in [0.717, 1.165) is 11.3 Å². The van der Waals surface area contributed by atoms with Crippen LogP contribution in [0.15, 0.2) is 36.5 Å². The molecule has 0 amide bonds. The van der Waals surface area contributed by atoms with Crippen LogP contribution in [0.5, 0.6) is 17.4 Å². The van der Waals surface area contributed by atoms with Crippen LogP contribution in [0.3, 0.4) is 0 Å². The molecule has 1 heterocycles. The minimum Gasteiger partial charge on any atom is -0.497 e. The van der Waals surface area contributed by atoms with E-state index in [1.54, 1.807) is 13.3 Å². The number of rotatable bonds is 3. The predicted molar refractivity (Wildman–Crippen MR) is 66.5 cm³/mol. The second-order valence-corrected chi connectivity index (χ2v) is 3.62. The number of nitrogens with zero attached hydrogens (tertiary/aromatic N) is 1. The number of pyridine rings is 1. The van der Waals surface area contributed by atoms with Gasteiger partial charge in [0.05, 0.1) is 12.8 Å². The van der Waals surface area contributed by atoms with Gasteiger partial charge in [-0.2, -0.15) is 0 Å². The molecule has 4 heteroatoms. The molecule has 0 unspecified atom stereocenters. The molecule has 0 fully saturated rings. The van der Waals surface area contributed by atoms with E-state index < -0.39 is 0 Å². The lowest BCUT2D eigenvalue weighted by atomic mass is 10.2. The van der Waals surface area contributed by atoms with Crippen molar-refractivity contribution in [3.8, 4) is 17.4 Å². The fourth-order valence-corrected chi connectivity index (χ4v) is 1.38. The fourth-order valence-electron chi connectivity index (χ4n) is 1.38. The first kappa shape index (κ1) is 11.3. The van der Waals surface area contributed by atoms with Gasteiger partial charge >= 0.3 is 0 Å². The predicted octanol–water partition coefficient (Wildman–Crippen LogP) is 2.77. The van der Waals surface area contributed by atoms with Crippen molar-refractivity contribution in [1.29, 1.82) is 0 Å². The molecule has 0 aliphatic carbocycles. The summed E-state index contributed by atoms with van der Waals surface area (Å²) in [6, 6.07) is 9.10. The SMILES string of the molecule is COc1ccc(Oc2nccc(C)c2N)cc1. The number of aryl methyl sites for hydroxylation is 1. The average Bonchev–Trinajstić information content (AvgIpc) is 2.36. The molecule has 0 aliphatic rings. The Bertz CT molecular complexity index is 509. The van der Waals surface area contributed by atoms with Crippen LogP contribution in [0.1, 0.15) is 5.56 Å². The largest absolute Gasteiger partial charge is 0.497 e. The zero-order valence-corrected chi connectivity index (χ0v) is 9.81. The van der Waals surface area contributed by atoms with E-state index in [9.17, 15) is 0 Å². The molecule has 0 bridgehead atoms. The van der Waals surface area contributed by atoms with Crippen molar-refractivity contribution >= 4 is 5.69 Å². The molecule has 2 rings (SSSR count). The number of benzene rings is 1. The molecule has 88 valence electrons. The van der Waals surface area contributed by atoms with E-state index in [1.165, 1.54) is 0 Å². The Labute approximate surface area is 100 Å². The van der Waals surface area contributed by atoms with Crippen LogP contribution in [0.4, 0.5) is 5.69 Å². The zero-order chi connectivity index (χ0) is 12.3. The van der Waals surface area contributed by atoms with Crippen molar-refractivity contribution in [2.24, 2.45) is 0 Å². The Balaban J connectivity index is 2.22. The Morgan fingerprint density at radius 1 is 1.06 bits per heavy atom. The summed E-state index contributed by atoms with van der Waals surface area (Å²) in [6.07, 6.45) is 1.67. The second-order valence-electron chi connectivity index (χ2n) is 3.62. The fraction of sp³-hybridized carbons (Fsp3) is 0.154. The second kappa shape index (κ2) is 4.74. The quantitative estimate of drug-likeness (QED) is 0.880. The minimum atomic E-state index is 0.426. The van der Waals surface area contributed by atoms with Crippen LogP contribution in [-0.4, -0.2) is 12.1 Å². The van der Waals surface area contributed by atoms with Crippen molar-refractivity contribution in [3.05, 3.63) is 42.1 Å². The highest BCUT2D eigenvalue weighted by atomic mass is 16.5. The van der Waals surface area contributed by atoms with Gasteiger partial charge in [0.2, 0.25) is 5.88 Å². The van der Waals surface area contributed by atoms with Crippen LogP contribution >= 0.6 is 0 Å². The highest BCUT2D eigenvalue weighted by molar-refractivity contribution is 5.55. The van der Waals surface area contributed by atoms with Gasteiger partial charge in [-0.15, -0.1) is 0 Å². The number of hydrogen-bond donors (Lipinski definition) is 1. The van der Waals surface area contributed by atoms with E-state index >= 15 is 0 Å². The number of methoxy groups -OCH3 is 1. The molecule has 2 aromatic rings. The molecular formula is C13H14N2O2. The number of aromatic nitrogens is 1. The number of hydrogen-bond acceptors (Lipinski definition) is 4. The number of nitrogen functional groups attached to an aromatic ring is 1. The average molecular weight is 230 g/mol. The van der Waals surface area contributed by atoms with Crippen molar-refractivity contribution in [2.75, 3.05) is 12.8 Å². The van der Waals surface area contributed by atoms with Gasteiger partial charge in [-0.05, 0) is 42.8 Å². The summed E-state index contributed by atoms with van der Waals surface area (Å²) in [7, 11) is 1.62. The van der Waals surface area contributed by atoms with Gasteiger partial charge in [0.1, 0.15) is 11.5 Å². The van der Waals surface area contributed by atoms with Gasteiger partial charge in [-0.1, -0.05) is 0 Å². The molecule has 0 saturated heterocycles. The smallest absolute Gasteiger partial charge is 0.242 e. The Kier molecular flexibility index (Phi) is 3.14. The maximum absolute atomic E-state index is 5.87. The molecule has 17 heavy (non-hydrogen) atoms. The van der Waals surface area contributed by atoms with Gasteiger partial charge in [-0.25, -0.2) is 4.98 Å². The van der Waals surface area contributed by atoms with Crippen molar-refractivity contribution in [2.45, 2.75) is 6.92 Å². The van der Waals surface area contributed by atoms with Crippen LogP contribution in [0.2, 0.25) is 0 Å². The summed E-state index contributed by atoms with van der Waals surface area (Å²) in [4.78, 5) is 4.10. The number of ether oxygens (including phenoxy) is 2. The van der Waals surface area contributed by atoms with Crippen LogP contribution in [-0.2, 0) is 0 Å². The topological polar surface area (TPSA) is 57.4 Å². The lowest BCUT2D eigenvalue weighted by Gasteiger charge is -2.09. The molecule has 0 saturated carbocycles. The summed E-state index contributed by atoms with van der Waals surface area (Å²) < 4.78 is 10.7. The summed E-state index contributed by atoms with van der Waals surface area (Å²) in [6.45, 7) is 1.91. The van der Waals surface area contributed by atoms with Gasteiger partial charge in [-0.3, -0.25) is 0 Å². The summed E-state index contributed by atoms with van der Waals surface area (Å²) >= 11 is 0. The van der Waals surface area contributed by atoms with Gasteiger partial charge in [0.25, 0.3) is 0 Å². The molecule has 1 aromatic heterocycles. The lowest BCUT2D eigenvalue weighted by molar-refractivity contribution is 0.412. The molecule has 1 aromatic carbocycles. The summed E-state index contributed by atoms with van der Waals surface area (Å²) in [5, 5.41) is 0. The normalized spacial score (nSPS) is 10.0. The molecule has 0 atom stereocenters. The summed E-state index contributed by atoms with van der Waals surface area (Å²) in [5.41, 5.74) is 7.38. The minimum absolute atomic E-state index is 0.426. The Morgan fingerprint density at radius 2 is 1.71 bits per heavy atom. The third-order valence-corrected chi connectivity index (χ3v) is 2.45. The van der Waals surface area contributed by atoms with E-state index in [1.807, 2.05) is 37.3 Å². The van der Waals surface area contributed by atoms with Crippen LogP contribution in [0.25, 0.3) is 0 Å². The monoisotopic (exact) mass is 230 g/mol. The van der Waals surface area contributed by atoms with E-state index in [2.05, 4.69) is 4.98 Å². The number of anilines is 1. The highest BCUT2D eigenvalue weighted by Crippen LogP contribution is 2.27. The van der Waals surface area contributed by atoms with E-state index in [0.29, 0.717) is 17.3 Å². The first-order valence-electron chi connectivity index (χ1n) is 5.23. The molecule has 0 aliphatic heterocycles. The van der Waals surface area contributed by atoms with E-state index in [-0.39, 0.29) is 0 Å². The third kappa shape index (κ3) is 2.47. The van der Waals surface area contributed by atoms with Crippen molar-refractivity contribution in [3.63, 3.8) is 0 Å². The van der Waals surface area contributed by atoms with Crippen molar-refractivity contribution in [1.82, 2.24) is 4.98 Å². The molecule has 0 radical (unpaired) electrons. The maximum Gasteiger partial charge on any atom is 0.242 e. The highest BCUT2D eigenvalue weighted by Gasteiger charge is 2.05. The lowest BCUT2D eigenvalue weighted by Crippen LogP contribution is -1.97. The number of nitrogens with two attached hydrogens (primary N) is 1.